The predicted octanol–water partition coefficient (Wildman–Crippen LogP) is 3.11. The predicted molar refractivity (Wildman–Crippen MR) is 88.0 cm³/mol. The van der Waals surface area contributed by atoms with Crippen molar-refractivity contribution in [3.05, 3.63) is 35.9 Å². The summed E-state index contributed by atoms with van der Waals surface area (Å²) < 4.78 is 0. The molecule has 1 aromatic rings. The topological polar surface area (TPSA) is 57.6 Å². The molecule has 1 aliphatic heterocycles. The molecule has 0 spiro atoms. The lowest BCUT2D eigenvalue weighted by molar-refractivity contribution is -0.146. The maximum Gasteiger partial charge on any atom is 0.307 e. The molecule has 0 bridgehead atoms. The minimum Gasteiger partial charge on any atom is -0.481 e. The minimum atomic E-state index is -0.874. The van der Waals surface area contributed by atoms with Crippen LogP contribution in [-0.4, -0.2) is 34.5 Å². The first-order valence-electron chi connectivity index (χ1n) is 8.71. The number of likely N-dealkylation sites (tertiary alicyclic amines) is 1. The van der Waals surface area contributed by atoms with Gasteiger partial charge in [-0.15, -0.1) is 0 Å². The maximum atomic E-state index is 12.7. The number of aliphatic carboxylic acids is 1. The van der Waals surface area contributed by atoms with Crippen molar-refractivity contribution >= 4 is 11.9 Å². The number of carboxylic acid groups (broad SMARTS) is 1. The molecule has 1 N–H and O–H groups in total. The average molecular weight is 315 g/mol. The highest BCUT2D eigenvalue weighted by atomic mass is 16.4. The number of fused-ring (bicyclic) bond motifs is 1. The molecule has 0 aromatic heterocycles. The van der Waals surface area contributed by atoms with Crippen LogP contribution < -0.4 is 0 Å². The zero-order valence-electron chi connectivity index (χ0n) is 13.5. The SMILES string of the molecule is O=C(O)C(CC(=O)N1CC[C@@H]2CCCC[C@H]21)Cc1ccccc1. The Morgan fingerprint density at radius 1 is 1.13 bits per heavy atom. The van der Waals surface area contributed by atoms with Crippen molar-refractivity contribution in [2.75, 3.05) is 6.54 Å². The molecule has 1 heterocycles. The van der Waals surface area contributed by atoms with E-state index in [-0.39, 0.29) is 12.3 Å². The Morgan fingerprint density at radius 3 is 2.61 bits per heavy atom. The van der Waals surface area contributed by atoms with Crippen LogP contribution in [0.15, 0.2) is 30.3 Å². The van der Waals surface area contributed by atoms with Gasteiger partial charge in [-0.1, -0.05) is 43.2 Å². The van der Waals surface area contributed by atoms with Crippen molar-refractivity contribution in [3.8, 4) is 0 Å². The summed E-state index contributed by atoms with van der Waals surface area (Å²) in [7, 11) is 0. The van der Waals surface area contributed by atoms with Gasteiger partial charge in [0.15, 0.2) is 0 Å². The first-order valence-corrected chi connectivity index (χ1v) is 8.71. The number of rotatable bonds is 5. The van der Waals surface area contributed by atoms with E-state index >= 15 is 0 Å². The van der Waals surface area contributed by atoms with Gasteiger partial charge < -0.3 is 10.0 Å². The van der Waals surface area contributed by atoms with Crippen molar-refractivity contribution in [1.29, 1.82) is 0 Å². The molecule has 1 unspecified atom stereocenters. The van der Waals surface area contributed by atoms with Gasteiger partial charge in [0.25, 0.3) is 0 Å². The number of hydrogen-bond donors (Lipinski definition) is 1. The molecular weight excluding hydrogens is 290 g/mol. The maximum absolute atomic E-state index is 12.7. The molecule has 4 nitrogen and oxygen atoms in total. The molecule has 1 aliphatic carbocycles. The van der Waals surface area contributed by atoms with E-state index in [0.29, 0.717) is 18.4 Å². The second-order valence-electron chi connectivity index (χ2n) is 6.92. The van der Waals surface area contributed by atoms with E-state index in [9.17, 15) is 14.7 Å². The lowest BCUT2D eigenvalue weighted by Crippen LogP contribution is -2.40. The highest BCUT2D eigenvalue weighted by Gasteiger charge is 2.39. The first kappa shape index (κ1) is 16.0. The Kier molecular flexibility index (Phi) is 4.99. The molecule has 1 amide bonds. The Hall–Kier alpha value is -1.84. The fourth-order valence-corrected chi connectivity index (χ4v) is 4.19. The molecule has 1 saturated carbocycles. The van der Waals surface area contributed by atoms with Crippen molar-refractivity contribution in [3.63, 3.8) is 0 Å². The van der Waals surface area contributed by atoms with Crippen molar-refractivity contribution in [1.82, 2.24) is 4.90 Å². The van der Waals surface area contributed by atoms with Crippen LogP contribution in [0.1, 0.15) is 44.1 Å². The quantitative estimate of drug-likeness (QED) is 0.908. The van der Waals surface area contributed by atoms with E-state index in [4.69, 9.17) is 0 Å². The number of amides is 1. The molecule has 2 aliphatic rings. The molecule has 124 valence electrons. The Labute approximate surface area is 137 Å². The Morgan fingerprint density at radius 2 is 1.87 bits per heavy atom. The van der Waals surface area contributed by atoms with Crippen molar-refractivity contribution in [2.45, 2.75) is 51.0 Å². The van der Waals surface area contributed by atoms with Crippen LogP contribution in [0, 0.1) is 11.8 Å². The average Bonchev–Trinajstić information content (AvgIpc) is 2.99. The van der Waals surface area contributed by atoms with Crippen LogP contribution in [0.4, 0.5) is 0 Å². The smallest absolute Gasteiger partial charge is 0.307 e. The molecular formula is C19H25NO3. The monoisotopic (exact) mass is 315 g/mol. The van der Waals surface area contributed by atoms with Gasteiger partial charge in [0.1, 0.15) is 0 Å². The van der Waals surface area contributed by atoms with Gasteiger partial charge in [-0.25, -0.2) is 0 Å². The van der Waals surface area contributed by atoms with E-state index in [2.05, 4.69) is 0 Å². The molecule has 0 radical (unpaired) electrons. The third-order valence-corrected chi connectivity index (χ3v) is 5.43. The van der Waals surface area contributed by atoms with Crippen LogP contribution in [0.5, 0.6) is 0 Å². The van der Waals surface area contributed by atoms with Gasteiger partial charge in [0.05, 0.1) is 5.92 Å². The van der Waals surface area contributed by atoms with Crippen molar-refractivity contribution < 1.29 is 14.7 Å². The van der Waals surface area contributed by atoms with E-state index in [1.165, 1.54) is 19.3 Å². The summed E-state index contributed by atoms with van der Waals surface area (Å²) in [5.74, 6) is -0.832. The lowest BCUT2D eigenvalue weighted by atomic mass is 9.85. The van der Waals surface area contributed by atoms with Crippen LogP contribution in [0.2, 0.25) is 0 Å². The first-order chi connectivity index (χ1) is 11.1. The molecule has 3 atom stereocenters. The van der Waals surface area contributed by atoms with Gasteiger partial charge in [-0.3, -0.25) is 9.59 Å². The van der Waals surface area contributed by atoms with Gasteiger partial charge in [0.2, 0.25) is 5.91 Å². The van der Waals surface area contributed by atoms with Crippen LogP contribution in [0.3, 0.4) is 0 Å². The lowest BCUT2D eigenvalue weighted by Gasteiger charge is -2.32. The number of benzene rings is 1. The van der Waals surface area contributed by atoms with E-state index < -0.39 is 11.9 Å². The highest BCUT2D eigenvalue weighted by molar-refractivity contribution is 5.83. The standard InChI is InChI=1S/C19H25NO3/c21-18(20-11-10-15-8-4-5-9-17(15)20)13-16(19(22)23)12-14-6-2-1-3-7-14/h1-3,6-7,15-17H,4-5,8-13H2,(H,22,23)/t15-,16?,17+/m0/s1. The van der Waals surface area contributed by atoms with Crippen LogP contribution in [0.25, 0.3) is 0 Å². The summed E-state index contributed by atoms with van der Waals surface area (Å²) in [5, 5.41) is 9.49. The van der Waals surface area contributed by atoms with Crippen LogP contribution >= 0.6 is 0 Å². The fourth-order valence-electron chi connectivity index (χ4n) is 4.19. The fraction of sp³-hybridized carbons (Fsp3) is 0.579. The Balaban J connectivity index is 1.63. The number of hydrogen-bond acceptors (Lipinski definition) is 2. The van der Waals surface area contributed by atoms with E-state index in [1.807, 2.05) is 35.2 Å². The zero-order valence-corrected chi connectivity index (χ0v) is 13.5. The zero-order chi connectivity index (χ0) is 16.2. The number of carbonyl (C=O) groups excluding carboxylic acids is 1. The number of carboxylic acids is 1. The van der Waals surface area contributed by atoms with Crippen LogP contribution in [-0.2, 0) is 16.0 Å². The number of nitrogens with zero attached hydrogens (tertiary/aromatic N) is 1. The summed E-state index contributed by atoms with van der Waals surface area (Å²) in [6, 6.07) is 9.94. The normalized spacial score (nSPS) is 25.0. The molecule has 2 fully saturated rings. The molecule has 23 heavy (non-hydrogen) atoms. The van der Waals surface area contributed by atoms with Gasteiger partial charge in [-0.05, 0) is 37.2 Å². The molecule has 1 saturated heterocycles. The second-order valence-corrected chi connectivity index (χ2v) is 6.92. The highest BCUT2D eigenvalue weighted by Crippen LogP contribution is 2.36. The molecule has 3 rings (SSSR count). The second kappa shape index (κ2) is 7.16. The molecule has 4 heteroatoms. The molecule has 1 aromatic carbocycles. The third kappa shape index (κ3) is 3.74. The minimum absolute atomic E-state index is 0.0303. The summed E-state index contributed by atoms with van der Waals surface area (Å²) in [6.45, 7) is 0.811. The summed E-state index contributed by atoms with van der Waals surface area (Å²) >= 11 is 0. The summed E-state index contributed by atoms with van der Waals surface area (Å²) in [6.07, 6.45) is 6.41. The van der Waals surface area contributed by atoms with E-state index in [0.717, 1.165) is 24.9 Å². The Bertz CT molecular complexity index is 557. The largest absolute Gasteiger partial charge is 0.481 e. The van der Waals surface area contributed by atoms with Gasteiger partial charge >= 0.3 is 5.97 Å². The summed E-state index contributed by atoms with van der Waals surface area (Å²) in [5.41, 5.74) is 0.977. The van der Waals surface area contributed by atoms with Gasteiger partial charge in [-0.2, -0.15) is 0 Å². The summed E-state index contributed by atoms with van der Waals surface area (Å²) in [4.78, 5) is 26.2. The van der Waals surface area contributed by atoms with Gasteiger partial charge in [0, 0.05) is 19.0 Å². The number of carbonyl (C=O) groups is 2. The van der Waals surface area contributed by atoms with Crippen molar-refractivity contribution in [2.24, 2.45) is 11.8 Å². The third-order valence-electron chi connectivity index (χ3n) is 5.43. The van der Waals surface area contributed by atoms with E-state index in [1.54, 1.807) is 0 Å².